The molecule has 4 aliphatic carbocycles. The molecule has 0 unspecified atom stereocenters. The molecule has 4 saturated carbocycles. The van der Waals surface area contributed by atoms with Crippen LogP contribution in [0.5, 0.6) is 0 Å². The van der Waals surface area contributed by atoms with E-state index in [-0.39, 0.29) is 35.2 Å². The summed E-state index contributed by atoms with van der Waals surface area (Å²) < 4.78 is 22.3. The smallest absolute Gasteiger partial charge is 0.314 e. The second-order valence-electron chi connectivity index (χ2n) is 14.9. The van der Waals surface area contributed by atoms with Crippen molar-refractivity contribution >= 4 is 5.97 Å². The number of esters is 1. The van der Waals surface area contributed by atoms with Crippen molar-refractivity contribution in [2.45, 2.75) is 120 Å². The fraction of sp³-hybridized carbons (Fsp3) is 0.903. The summed E-state index contributed by atoms with van der Waals surface area (Å²) in [6.07, 6.45) is -4.49. The van der Waals surface area contributed by atoms with Crippen molar-refractivity contribution < 1.29 is 59.5 Å². The standard InChI is InChI=1S/C31H48O12/c1-15-10-30-8-5-19-28(2,20(30)9-17(33)16(15)11-30)6-4-7-29(19,3)27(38)43-25-23(36)22(35)21(34)18(42-25)12-40-26-24(37)31(39,13-32)14-41-26/h16-26,32-37,39H,1,4-14H2,2-3H3/t16-,17-,18-,19+,20+,21-,22+,23-,24+,25+,26-,28-,29+,30-,31-/m1/s1. The lowest BCUT2D eigenvalue weighted by molar-refractivity contribution is -0.306. The molecular weight excluding hydrogens is 564 g/mol. The molecule has 15 atom stereocenters. The molecule has 0 radical (unpaired) electrons. The Morgan fingerprint density at radius 3 is 2.47 bits per heavy atom. The average molecular weight is 613 g/mol. The van der Waals surface area contributed by atoms with Gasteiger partial charge in [-0.05, 0) is 74.5 Å². The normalized spacial score (nSPS) is 54.6. The zero-order valence-corrected chi connectivity index (χ0v) is 25.0. The van der Waals surface area contributed by atoms with Gasteiger partial charge in [-0.15, -0.1) is 0 Å². The minimum Gasteiger partial charge on any atom is -0.432 e. The van der Waals surface area contributed by atoms with Gasteiger partial charge in [0.2, 0.25) is 6.29 Å². The van der Waals surface area contributed by atoms with E-state index in [0.29, 0.717) is 12.8 Å². The highest BCUT2D eigenvalue weighted by Crippen LogP contribution is 2.72. The molecular formula is C31H48O12. The molecule has 6 fully saturated rings. The number of hydrogen-bond acceptors (Lipinski definition) is 12. The van der Waals surface area contributed by atoms with Crippen molar-refractivity contribution in [2.24, 2.45) is 34.0 Å². The van der Waals surface area contributed by atoms with Crippen LogP contribution in [-0.2, 0) is 23.7 Å². The maximum Gasteiger partial charge on any atom is 0.314 e. The van der Waals surface area contributed by atoms with Gasteiger partial charge in [-0.2, -0.15) is 0 Å². The Hall–Kier alpha value is -1.19. The van der Waals surface area contributed by atoms with Gasteiger partial charge in [0.15, 0.2) is 6.29 Å². The van der Waals surface area contributed by atoms with Gasteiger partial charge in [0.25, 0.3) is 0 Å². The third-order valence-electron chi connectivity index (χ3n) is 12.5. The first-order chi connectivity index (χ1) is 20.2. The first-order valence-electron chi connectivity index (χ1n) is 15.7. The van der Waals surface area contributed by atoms with Gasteiger partial charge in [-0.3, -0.25) is 4.79 Å². The van der Waals surface area contributed by atoms with E-state index in [0.717, 1.165) is 44.1 Å². The Labute approximate surface area is 251 Å². The summed E-state index contributed by atoms with van der Waals surface area (Å²) in [5.41, 5.74) is -1.74. The van der Waals surface area contributed by atoms with Crippen molar-refractivity contribution in [1.82, 2.24) is 0 Å². The minimum absolute atomic E-state index is 0.0175. The minimum atomic E-state index is -1.91. The van der Waals surface area contributed by atoms with E-state index in [2.05, 4.69) is 13.5 Å². The number of carbonyl (C=O) groups excluding carboxylic acids is 1. The highest BCUT2D eigenvalue weighted by Gasteiger charge is 2.67. The van der Waals surface area contributed by atoms with Gasteiger partial charge in [0.05, 0.1) is 31.3 Å². The Bertz CT molecular complexity index is 1100. The average Bonchev–Trinajstić information content (AvgIpc) is 3.42. The molecule has 43 heavy (non-hydrogen) atoms. The Kier molecular flexibility index (Phi) is 8.10. The molecule has 12 nitrogen and oxygen atoms in total. The van der Waals surface area contributed by atoms with Crippen LogP contribution >= 0.6 is 0 Å². The summed E-state index contributed by atoms with van der Waals surface area (Å²) in [4.78, 5) is 14.0. The van der Waals surface area contributed by atoms with E-state index in [1.165, 1.54) is 0 Å². The number of rotatable bonds is 6. The first-order valence-corrected chi connectivity index (χ1v) is 15.7. The van der Waals surface area contributed by atoms with Crippen molar-refractivity contribution in [3.63, 3.8) is 0 Å². The van der Waals surface area contributed by atoms with Crippen LogP contribution in [-0.4, -0.2) is 116 Å². The van der Waals surface area contributed by atoms with Crippen LogP contribution < -0.4 is 0 Å². The molecule has 2 heterocycles. The molecule has 0 aromatic heterocycles. The second kappa shape index (κ2) is 11.0. The number of fused-ring (bicyclic) bond motifs is 3. The van der Waals surface area contributed by atoms with Crippen LogP contribution in [0.4, 0.5) is 0 Å². The van der Waals surface area contributed by atoms with Crippen molar-refractivity contribution in [2.75, 3.05) is 19.8 Å². The number of carbonyl (C=O) groups is 1. The van der Waals surface area contributed by atoms with Gasteiger partial charge in [0.1, 0.15) is 36.1 Å². The van der Waals surface area contributed by atoms with E-state index < -0.39 is 79.4 Å². The summed E-state index contributed by atoms with van der Waals surface area (Å²) in [5.74, 6) is -0.150. The van der Waals surface area contributed by atoms with Crippen molar-refractivity contribution in [1.29, 1.82) is 0 Å². The maximum atomic E-state index is 14.0. The van der Waals surface area contributed by atoms with Gasteiger partial charge in [0, 0.05) is 5.92 Å². The van der Waals surface area contributed by atoms with Crippen molar-refractivity contribution in [3.8, 4) is 0 Å². The molecule has 0 amide bonds. The molecule has 12 heteroatoms. The van der Waals surface area contributed by atoms with E-state index in [4.69, 9.17) is 18.9 Å². The molecule has 2 saturated heterocycles. The lowest BCUT2D eigenvalue weighted by Crippen LogP contribution is -2.62. The number of aliphatic hydroxyl groups is 7. The zero-order chi connectivity index (χ0) is 31.1. The number of ether oxygens (including phenoxy) is 4. The third kappa shape index (κ3) is 4.83. The summed E-state index contributed by atoms with van der Waals surface area (Å²) in [7, 11) is 0. The van der Waals surface area contributed by atoms with Crippen LogP contribution in [0.3, 0.4) is 0 Å². The maximum absolute atomic E-state index is 14.0. The van der Waals surface area contributed by atoms with Crippen LogP contribution in [0.1, 0.15) is 65.2 Å². The van der Waals surface area contributed by atoms with Crippen molar-refractivity contribution in [3.05, 3.63) is 12.2 Å². The third-order valence-corrected chi connectivity index (χ3v) is 12.5. The summed E-state index contributed by atoms with van der Waals surface area (Å²) in [5, 5.41) is 72.7. The first kappa shape index (κ1) is 31.8. The lowest BCUT2D eigenvalue weighted by Gasteiger charge is -2.64. The Morgan fingerprint density at radius 2 is 1.77 bits per heavy atom. The molecule has 0 aromatic carbocycles. The molecule has 244 valence electrons. The fourth-order valence-electron chi connectivity index (χ4n) is 10.1. The van der Waals surface area contributed by atoms with Gasteiger partial charge in [-0.25, -0.2) is 0 Å². The largest absolute Gasteiger partial charge is 0.432 e. The molecule has 6 aliphatic rings. The lowest BCUT2D eigenvalue weighted by atomic mass is 9.41. The molecule has 0 aromatic rings. The van der Waals surface area contributed by atoms with E-state index in [9.17, 15) is 40.5 Å². The fourth-order valence-corrected chi connectivity index (χ4v) is 10.1. The molecule has 1 spiro atoms. The molecule has 2 aliphatic heterocycles. The van der Waals surface area contributed by atoms with Crippen LogP contribution in [0, 0.1) is 34.0 Å². The predicted molar refractivity (Wildman–Crippen MR) is 148 cm³/mol. The zero-order valence-electron chi connectivity index (χ0n) is 25.0. The number of hydrogen-bond donors (Lipinski definition) is 7. The van der Waals surface area contributed by atoms with Gasteiger partial charge in [-0.1, -0.05) is 25.5 Å². The summed E-state index contributed by atoms with van der Waals surface area (Å²) >= 11 is 0. The number of aliphatic hydroxyl groups excluding tert-OH is 6. The van der Waals surface area contributed by atoms with Crippen LogP contribution in [0.2, 0.25) is 0 Å². The molecule has 7 N–H and O–H groups in total. The van der Waals surface area contributed by atoms with Crippen LogP contribution in [0.25, 0.3) is 0 Å². The topological polar surface area (TPSA) is 196 Å². The highest BCUT2D eigenvalue weighted by atomic mass is 16.7. The Morgan fingerprint density at radius 1 is 1.02 bits per heavy atom. The predicted octanol–water partition coefficient (Wildman–Crippen LogP) is -0.266. The molecule has 2 bridgehead atoms. The summed E-state index contributed by atoms with van der Waals surface area (Å²) in [6, 6.07) is 0. The molecule has 6 rings (SSSR count). The van der Waals surface area contributed by atoms with E-state index in [1.54, 1.807) is 0 Å². The van der Waals surface area contributed by atoms with Gasteiger partial charge < -0.3 is 54.7 Å². The van der Waals surface area contributed by atoms with E-state index in [1.807, 2.05) is 6.92 Å². The SMILES string of the molecule is C=C1C[C@@]23CC[C@H]4[C@@](C)(CCC[C@]4(C)C(=O)O[C@@H]4O[C@H](CO[C@@H]5OC[C@](O)(CO)[C@H]5O)[C@@H](O)[C@H](O)[C@H]4O)[C@@H]2C[C@@H](O)[C@@H]1C3. The van der Waals surface area contributed by atoms with Gasteiger partial charge >= 0.3 is 5.97 Å². The second-order valence-corrected chi connectivity index (χ2v) is 14.9. The van der Waals surface area contributed by atoms with Crippen LogP contribution in [0.15, 0.2) is 12.2 Å². The quantitative estimate of drug-likeness (QED) is 0.154. The monoisotopic (exact) mass is 612 g/mol. The highest BCUT2D eigenvalue weighted by molar-refractivity contribution is 5.77. The Balaban J connectivity index is 1.16. The van der Waals surface area contributed by atoms with E-state index >= 15 is 0 Å². The summed E-state index contributed by atoms with van der Waals surface area (Å²) in [6.45, 7) is 6.91.